The van der Waals surface area contributed by atoms with Crippen LogP contribution in [0.3, 0.4) is 0 Å². The van der Waals surface area contributed by atoms with Crippen molar-refractivity contribution in [2.24, 2.45) is 5.73 Å². The molecule has 0 saturated heterocycles. The number of methoxy groups -OCH3 is 1. The van der Waals surface area contributed by atoms with Crippen molar-refractivity contribution in [3.8, 4) is 5.75 Å². The van der Waals surface area contributed by atoms with E-state index in [1.807, 2.05) is 31.2 Å². The third-order valence-electron chi connectivity index (χ3n) is 2.62. The van der Waals surface area contributed by atoms with Crippen molar-refractivity contribution in [2.45, 2.75) is 19.4 Å². The van der Waals surface area contributed by atoms with Gasteiger partial charge in [-0.25, -0.2) is 0 Å². The minimum absolute atomic E-state index is 0.0599. The van der Waals surface area contributed by atoms with Gasteiger partial charge >= 0.3 is 0 Å². The van der Waals surface area contributed by atoms with E-state index in [4.69, 9.17) is 19.9 Å². The summed E-state index contributed by atoms with van der Waals surface area (Å²) in [7, 11) is 1.66. The lowest BCUT2D eigenvalue weighted by atomic mass is 10.0. The standard InChI is InChI=1S/C14H23NO3/c1-3-18-14-7-5-4-6-12(14)13(15)8-9-17-11-10-16-2/h4-7,13H,3,8-11,15H2,1-2H3. The SMILES string of the molecule is CCOc1ccccc1C(N)CCOCCOC. The van der Waals surface area contributed by atoms with Gasteiger partial charge in [0, 0.05) is 25.3 Å². The number of hydrogen-bond donors (Lipinski definition) is 1. The van der Waals surface area contributed by atoms with Crippen LogP contribution in [0.1, 0.15) is 24.9 Å². The Balaban J connectivity index is 2.42. The van der Waals surface area contributed by atoms with Crippen molar-refractivity contribution in [1.29, 1.82) is 0 Å². The summed E-state index contributed by atoms with van der Waals surface area (Å²) in [5.41, 5.74) is 7.19. The molecule has 1 atom stereocenters. The van der Waals surface area contributed by atoms with Crippen molar-refractivity contribution in [2.75, 3.05) is 33.5 Å². The highest BCUT2D eigenvalue weighted by Gasteiger charge is 2.11. The highest BCUT2D eigenvalue weighted by molar-refractivity contribution is 5.35. The van der Waals surface area contributed by atoms with Crippen molar-refractivity contribution in [3.05, 3.63) is 29.8 Å². The maximum atomic E-state index is 6.15. The average Bonchev–Trinajstić information content (AvgIpc) is 2.39. The normalized spacial score (nSPS) is 12.4. The average molecular weight is 253 g/mol. The molecule has 0 aliphatic heterocycles. The predicted octanol–water partition coefficient (Wildman–Crippen LogP) is 2.14. The summed E-state index contributed by atoms with van der Waals surface area (Å²) < 4.78 is 15.9. The second-order valence-electron chi connectivity index (χ2n) is 3.97. The number of nitrogens with two attached hydrogens (primary N) is 1. The molecule has 4 nitrogen and oxygen atoms in total. The summed E-state index contributed by atoms with van der Waals surface area (Å²) in [5.74, 6) is 0.865. The molecule has 1 aromatic carbocycles. The summed E-state index contributed by atoms with van der Waals surface area (Å²) in [6.45, 7) is 4.47. The molecule has 0 spiro atoms. The second-order valence-corrected chi connectivity index (χ2v) is 3.97. The van der Waals surface area contributed by atoms with Crippen LogP contribution in [0.2, 0.25) is 0 Å². The lowest BCUT2D eigenvalue weighted by Gasteiger charge is -2.16. The zero-order valence-corrected chi connectivity index (χ0v) is 11.2. The molecular weight excluding hydrogens is 230 g/mol. The van der Waals surface area contributed by atoms with Gasteiger partial charge < -0.3 is 19.9 Å². The van der Waals surface area contributed by atoms with Gasteiger partial charge in [-0.2, -0.15) is 0 Å². The summed E-state index contributed by atoms with van der Waals surface area (Å²) >= 11 is 0. The Hall–Kier alpha value is -1.10. The molecule has 1 unspecified atom stereocenters. The summed E-state index contributed by atoms with van der Waals surface area (Å²) in [5, 5.41) is 0. The van der Waals surface area contributed by atoms with Crippen LogP contribution >= 0.6 is 0 Å². The molecule has 0 saturated carbocycles. The van der Waals surface area contributed by atoms with Crippen LogP contribution in [0.5, 0.6) is 5.75 Å². The number of para-hydroxylation sites is 1. The van der Waals surface area contributed by atoms with E-state index < -0.39 is 0 Å². The molecule has 102 valence electrons. The third-order valence-corrected chi connectivity index (χ3v) is 2.62. The Morgan fingerprint density at radius 1 is 1.17 bits per heavy atom. The first-order valence-corrected chi connectivity index (χ1v) is 6.33. The largest absolute Gasteiger partial charge is 0.494 e. The molecular formula is C14H23NO3. The first-order valence-electron chi connectivity index (χ1n) is 6.33. The highest BCUT2D eigenvalue weighted by Crippen LogP contribution is 2.25. The Bertz CT molecular complexity index is 331. The van der Waals surface area contributed by atoms with Crippen molar-refractivity contribution in [1.82, 2.24) is 0 Å². The van der Waals surface area contributed by atoms with Gasteiger partial charge in [-0.1, -0.05) is 18.2 Å². The maximum Gasteiger partial charge on any atom is 0.124 e. The lowest BCUT2D eigenvalue weighted by Crippen LogP contribution is -2.15. The number of ether oxygens (including phenoxy) is 3. The van der Waals surface area contributed by atoms with E-state index in [0.29, 0.717) is 26.4 Å². The van der Waals surface area contributed by atoms with Crippen LogP contribution in [-0.2, 0) is 9.47 Å². The van der Waals surface area contributed by atoms with Crippen molar-refractivity contribution < 1.29 is 14.2 Å². The van der Waals surface area contributed by atoms with Crippen LogP contribution in [0.15, 0.2) is 24.3 Å². The molecule has 18 heavy (non-hydrogen) atoms. The highest BCUT2D eigenvalue weighted by atomic mass is 16.5. The van der Waals surface area contributed by atoms with Crippen LogP contribution in [-0.4, -0.2) is 33.5 Å². The minimum atomic E-state index is -0.0599. The Morgan fingerprint density at radius 3 is 2.67 bits per heavy atom. The molecule has 0 bridgehead atoms. The molecule has 1 rings (SSSR count). The molecule has 0 aromatic heterocycles. The monoisotopic (exact) mass is 253 g/mol. The zero-order chi connectivity index (χ0) is 13.2. The van der Waals surface area contributed by atoms with E-state index in [2.05, 4.69) is 0 Å². The zero-order valence-electron chi connectivity index (χ0n) is 11.2. The minimum Gasteiger partial charge on any atom is -0.494 e. The molecule has 0 heterocycles. The third kappa shape index (κ3) is 5.04. The van der Waals surface area contributed by atoms with Crippen molar-refractivity contribution in [3.63, 3.8) is 0 Å². The van der Waals surface area contributed by atoms with Gasteiger partial charge in [0.05, 0.1) is 19.8 Å². The van der Waals surface area contributed by atoms with Gasteiger partial charge in [0.1, 0.15) is 5.75 Å². The fourth-order valence-electron chi connectivity index (χ4n) is 1.68. The van der Waals surface area contributed by atoms with E-state index in [9.17, 15) is 0 Å². The number of rotatable bonds is 9. The van der Waals surface area contributed by atoms with Gasteiger partial charge in [-0.05, 0) is 19.4 Å². The molecule has 4 heteroatoms. The topological polar surface area (TPSA) is 53.7 Å². The second kappa shape index (κ2) is 8.91. The summed E-state index contributed by atoms with van der Waals surface area (Å²) in [6, 6.07) is 7.82. The molecule has 1 aromatic rings. The van der Waals surface area contributed by atoms with Crippen LogP contribution < -0.4 is 10.5 Å². The van der Waals surface area contributed by atoms with Crippen LogP contribution in [0.25, 0.3) is 0 Å². The molecule has 0 fully saturated rings. The smallest absolute Gasteiger partial charge is 0.124 e. The maximum absolute atomic E-state index is 6.15. The first-order chi connectivity index (χ1) is 8.79. The predicted molar refractivity (Wildman–Crippen MR) is 71.9 cm³/mol. The molecule has 0 radical (unpaired) electrons. The molecule has 0 aliphatic rings. The number of hydrogen-bond acceptors (Lipinski definition) is 4. The quantitative estimate of drug-likeness (QED) is 0.685. The van der Waals surface area contributed by atoms with Gasteiger partial charge in [0.2, 0.25) is 0 Å². The van der Waals surface area contributed by atoms with Gasteiger partial charge in [-0.15, -0.1) is 0 Å². The van der Waals surface area contributed by atoms with E-state index in [-0.39, 0.29) is 6.04 Å². The number of benzene rings is 1. The fraction of sp³-hybridized carbons (Fsp3) is 0.571. The van der Waals surface area contributed by atoms with Crippen molar-refractivity contribution >= 4 is 0 Å². The van der Waals surface area contributed by atoms with Gasteiger partial charge in [0.15, 0.2) is 0 Å². The summed E-state index contributed by atoms with van der Waals surface area (Å²) in [4.78, 5) is 0. The molecule has 2 N–H and O–H groups in total. The Labute approximate surface area is 109 Å². The Kier molecular flexibility index (Phi) is 7.41. The lowest BCUT2D eigenvalue weighted by molar-refractivity contribution is 0.0671. The van der Waals surface area contributed by atoms with E-state index in [1.165, 1.54) is 0 Å². The fourth-order valence-corrected chi connectivity index (χ4v) is 1.68. The van der Waals surface area contributed by atoms with Gasteiger partial charge in [-0.3, -0.25) is 0 Å². The summed E-state index contributed by atoms with van der Waals surface area (Å²) in [6.07, 6.45) is 0.772. The molecule has 0 amide bonds. The van der Waals surface area contributed by atoms with E-state index in [0.717, 1.165) is 17.7 Å². The molecule has 0 aliphatic carbocycles. The van der Waals surface area contributed by atoms with Crippen LogP contribution in [0.4, 0.5) is 0 Å². The van der Waals surface area contributed by atoms with Gasteiger partial charge in [0.25, 0.3) is 0 Å². The van der Waals surface area contributed by atoms with E-state index >= 15 is 0 Å². The first kappa shape index (κ1) is 15.0. The van der Waals surface area contributed by atoms with E-state index in [1.54, 1.807) is 7.11 Å². The van der Waals surface area contributed by atoms with Crippen LogP contribution in [0, 0.1) is 0 Å². The Morgan fingerprint density at radius 2 is 1.94 bits per heavy atom.